The van der Waals surface area contributed by atoms with Gasteiger partial charge in [-0.05, 0) is 19.8 Å². The molecule has 92 valence electrons. The molecule has 1 aromatic rings. The van der Waals surface area contributed by atoms with Crippen LogP contribution in [0.2, 0.25) is 0 Å². The summed E-state index contributed by atoms with van der Waals surface area (Å²) >= 11 is 0. The van der Waals surface area contributed by atoms with Gasteiger partial charge in [0.15, 0.2) is 0 Å². The maximum atomic E-state index is 13.5. The van der Waals surface area contributed by atoms with E-state index in [1.807, 2.05) is 0 Å². The molecule has 6 heteroatoms. The van der Waals surface area contributed by atoms with Crippen molar-refractivity contribution in [2.75, 3.05) is 6.61 Å². The molecule has 2 rings (SSSR count). The Kier molecular flexibility index (Phi) is 3.04. The van der Waals surface area contributed by atoms with Crippen molar-refractivity contribution in [3.8, 4) is 0 Å². The van der Waals surface area contributed by atoms with Gasteiger partial charge < -0.3 is 4.74 Å². The van der Waals surface area contributed by atoms with Crippen molar-refractivity contribution >= 4 is 5.97 Å². The highest BCUT2D eigenvalue weighted by molar-refractivity contribution is 5.78. The van der Waals surface area contributed by atoms with Gasteiger partial charge in [-0.2, -0.15) is 8.78 Å². The molecule has 1 saturated carbocycles. The minimum atomic E-state index is -3.73. The topological polar surface area (TPSA) is 52.1 Å². The average Bonchev–Trinajstić information content (AvgIpc) is 3.13. The van der Waals surface area contributed by atoms with Crippen molar-refractivity contribution in [1.82, 2.24) is 9.97 Å². The predicted molar refractivity (Wildman–Crippen MR) is 54.5 cm³/mol. The van der Waals surface area contributed by atoms with Crippen LogP contribution in [0.3, 0.4) is 0 Å². The molecule has 0 aromatic carbocycles. The Labute approximate surface area is 97.0 Å². The lowest BCUT2D eigenvalue weighted by Gasteiger charge is -2.13. The SMILES string of the molecule is CCOC(=O)C(F)(F)c1cnc(C2CC2)cn1. The van der Waals surface area contributed by atoms with Gasteiger partial charge in [-0.3, -0.25) is 9.97 Å². The zero-order chi connectivity index (χ0) is 12.5. The number of nitrogens with zero attached hydrogens (tertiary/aromatic N) is 2. The Balaban J connectivity index is 2.17. The third-order valence-electron chi connectivity index (χ3n) is 2.52. The second kappa shape index (κ2) is 4.35. The molecule has 0 amide bonds. The second-order valence-electron chi connectivity index (χ2n) is 3.90. The average molecular weight is 242 g/mol. The molecule has 1 aromatic heterocycles. The Morgan fingerprint density at radius 1 is 1.47 bits per heavy atom. The normalized spacial score (nSPS) is 15.7. The first-order valence-electron chi connectivity index (χ1n) is 5.43. The van der Waals surface area contributed by atoms with Gasteiger partial charge in [-0.15, -0.1) is 0 Å². The molecule has 0 N–H and O–H groups in total. The summed E-state index contributed by atoms with van der Waals surface area (Å²) in [6, 6.07) is 0. The van der Waals surface area contributed by atoms with Gasteiger partial charge in [0.2, 0.25) is 0 Å². The van der Waals surface area contributed by atoms with Crippen LogP contribution in [-0.4, -0.2) is 22.5 Å². The monoisotopic (exact) mass is 242 g/mol. The fourth-order valence-corrected chi connectivity index (χ4v) is 1.42. The summed E-state index contributed by atoms with van der Waals surface area (Å²) in [5.74, 6) is -4.98. The van der Waals surface area contributed by atoms with Crippen molar-refractivity contribution in [3.63, 3.8) is 0 Å². The number of hydrogen-bond acceptors (Lipinski definition) is 4. The van der Waals surface area contributed by atoms with Crippen molar-refractivity contribution in [2.45, 2.75) is 31.6 Å². The Morgan fingerprint density at radius 2 is 2.18 bits per heavy atom. The van der Waals surface area contributed by atoms with Crippen LogP contribution in [0, 0.1) is 0 Å². The second-order valence-corrected chi connectivity index (χ2v) is 3.90. The van der Waals surface area contributed by atoms with Crippen LogP contribution in [0.15, 0.2) is 12.4 Å². The Morgan fingerprint density at radius 3 is 2.65 bits per heavy atom. The molecule has 0 aliphatic heterocycles. The third kappa shape index (κ3) is 2.40. The van der Waals surface area contributed by atoms with E-state index in [0.717, 1.165) is 19.0 Å². The predicted octanol–water partition coefficient (Wildman–Crippen LogP) is 2.01. The molecular weight excluding hydrogens is 230 g/mol. The Hall–Kier alpha value is -1.59. The van der Waals surface area contributed by atoms with Crippen LogP contribution >= 0.6 is 0 Å². The van der Waals surface area contributed by atoms with Crippen molar-refractivity contribution < 1.29 is 18.3 Å². The van der Waals surface area contributed by atoms with E-state index in [1.165, 1.54) is 13.1 Å². The first-order valence-corrected chi connectivity index (χ1v) is 5.43. The molecular formula is C11H12F2N2O2. The fourth-order valence-electron chi connectivity index (χ4n) is 1.42. The highest BCUT2D eigenvalue weighted by atomic mass is 19.3. The minimum Gasteiger partial charge on any atom is -0.461 e. The van der Waals surface area contributed by atoms with Crippen LogP contribution in [0.4, 0.5) is 8.78 Å². The molecule has 1 heterocycles. The number of rotatable bonds is 4. The number of esters is 1. The van der Waals surface area contributed by atoms with Gasteiger partial charge in [-0.1, -0.05) is 0 Å². The zero-order valence-electron chi connectivity index (χ0n) is 9.32. The molecule has 4 nitrogen and oxygen atoms in total. The van der Waals surface area contributed by atoms with E-state index < -0.39 is 17.6 Å². The van der Waals surface area contributed by atoms with Gasteiger partial charge in [-0.25, -0.2) is 4.79 Å². The number of hydrogen-bond donors (Lipinski definition) is 0. The van der Waals surface area contributed by atoms with Crippen molar-refractivity contribution in [2.24, 2.45) is 0 Å². The molecule has 0 radical (unpaired) electrons. The van der Waals surface area contributed by atoms with Crippen molar-refractivity contribution in [1.29, 1.82) is 0 Å². The molecule has 0 unspecified atom stereocenters. The van der Waals surface area contributed by atoms with Gasteiger partial charge in [0, 0.05) is 12.1 Å². The maximum absolute atomic E-state index is 13.5. The molecule has 0 spiro atoms. The molecule has 1 aliphatic rings. The zero-order valence-corrected chi connectivity index (χ0v) is 9.32. The Bertz CT molecular complexity index is 416. The van der Waals surface area contributed by atoms with E-state index in [1.54, 1.807) is 0 Å². The summed E-state index contributed by atoms with van der Waals surface area (Å²) in [4.78, 5) is 18.6. The van der Waals surface area contributed by atoms with Crippen LogP contribution in [-0.2, 0) is 15.5 Å². The lowest BCUT2D eigenvalue weighted by Crippen LogP contribution is -2.29. The van der Waals surface area contributed by atoms with E-state index in [0.29, 0.717) is 11.6 Å². The van der Waals surface area contributed by atoms with Crippen LogP contribution in [0.25, 0.3) is 0 Å². The summed E-state index contributed by atoms with van der Waals surface area (Å²) in [7, 11) is 0. The highest BCUT2D eigenvalue weighted by Crippen LogP contribution is 2.39. The molecule has 0 bridgehead atoms. The highest BCUT2D eigenvalue weighted by Gasteiger charge is 2.44. The fraction of sp³-hybridized carbons (Fsp3) is 0.545. The van der Waals surface area contributed by atoms with Crippen LogP contribution < -0.4 is 0 Å². The molecule has 0 saturated heterocycles. The standard InChI is InChI=1S/C11H12F2N2O2/c1-2-17-10(16)11(12,13)9-6-14-8(5-15-9)7-3-4-7/h5-7H,2-4H2,1H3. The number of aromatic nitrogens is 2. The molecule has 17 heavy (non-hydrogen) atoms. The number of ether oxygens (including phenoxy) is 1. The molecule has 0 atom stereocenters. The number of alkyl halides is 2. The number of carbonyl (C=O) groups is 1. The van der Waals surface area contributed by atoms with Gasteiger partial charge >= 0.3 is 11.9 Å². The number of halogens is 2. The quantitative estimate of drug-likeness (QED) is 0.758. The maximum Gasteiger partial charge on any atom is 0.385 e. The lowest BCUT2D eigenvalue weighted by atomic mass is 10.2. The summed E-state index contributed by atoms with van der Waals surface area (Å²) in [6.07, 6.45) is 4.29. The molecule has 1 fully saturated rings. The van der Waals surface area contributed by atoms with Gasteiger partial charge in [0.25, 0.3) is 0 Å². The van der Waals surface area contributed by atoms with Gasteiger partial charge in [0.1, 0.15) is 5.69 Å². The summed E-state index contributed by atoms with van der Waals surface area (Å²) in [6.45, 7) is 1.37. The summed E-state index contributed by atoms with van der Waals surface area (Å²) < 4.78 is 31.3. The first-order chi connectivity index (χ1) is 8.05. The van der Waals surface area contributed by atoms with E-state index >= 15 is 0 Å². The summed E-state index contributed by atoms with van der Waals surface area (Å²) in [5.41, 5.74) is 0.0359. The van der Waals surface area contributed by atoms with E-state index in [-0.39, 0.29) is 6.61 Å². The van der Waals surface area contributed by atoms with Gasteiger partial charge in [0.05, 0.1) is 18.5 Å². The smallest absolute Gasteiger partial charge is 0.385 e. The van der Waals surface area contributed by atoms with E-state index in [2.05, 4.69) is 14.7 Å². The van der Waals surface area contributed by atoms with Crippen LogP contribution in [0.5, 0.6) is 0 Å². The number of carbonyl (C=O) groups excluding carboxylic acids is 1. The third-order valence-corrected chi connectivity index (χ3v) is 2.52. The van der Waals surface area contributed by atoms with Crippen LogP contribution in [0.1, 0.15) is 37.1 Å². The lowest BCUT2D eigenvalue weighted by molar-refractivity contribution is -0.173. The largest absolute Gasteiger partial charge is 0.461 e. The minimum absolute atomic E-state index is 0.0952. The summed E-state index contributed by atoms with van der Waals surface area (Å²) in [5, 5.41) is 0. The molecule has 1 aliphatic carbocycles. The first kappa shape index (κ1) is 11.9. The van der Waals surface area contributed by atoms with E-state index in [4.69, 9.17) is 0 Å². The van der Waals surface area contributed by atoms with Crippen molar-refractivity contribution in [3.05, 3.63) is 23.8 Å². The van der Waals surface area contributed by atoms with E-state index in [9.17, 15) is 13.6 Å².